The fraction of sp³-hybridized carbons (Fsp3) is 0.107. The van der Waals surface area contributed by atoms with Crippen molar-refractivity contribution in [3.8, 4) is 17.4 Å². The Morgan fingerprint density at radius 1 is 0.800 bits per heavy atom. The van der Waals surface area contributed by atoms with Crippen LogP contribution in [0.2, 0.25) is 0 Å². The van der Waals surface area contributed by atoms with Gasteiger partial charge >= 0.3 is 5.91 Å². The molecule has 7 nitrogen and oxygen atoms in total. The standard InChI is InChI=1S/C28H23N3O4/c32-26(19-35-23-15-14-20-8-4-5-9-21(20)18-23)29-30-27-24-12-6-7-13-25(24)31(28(27)33)16-17-34-22-10-2-1-3-11-22/h1-15,18,33H,16-17,19H2. The number of nitrogens with zero attached hydrogens (tertiary/aromatic N) is 3. The second-order valence-corrected chi connectivity index (χ2v) is 7.89. The van der Waals surface area contributed by atoms with E-state index in [-0.39, 0.29) is 18.2 Å². The highest BCUT2D eigenvalue weighted by atomic mass is 16.5. The number of aromatic hydroxyl groups is 1. The van der Waals surface area contributed by atoms with Crippen LogP contribution >= 0.6 is 0 Å². The first-order chi connectivity index (χ1) is 17.2. The first kappa shape index (κ1) is 22.2. The first-order valence-corrected chi connectivity index (χ1v) is 11.2. The summed E-state index contributed by atoms with van der Waals surface area (Å²) in [6.45, 7) is 0.493. The van der Waals surface area contributed by atoms with E-state index in [2.05, 4.69) is 10.2 Å². The van der Waals surface area contributed by atoms with Gasteiger partial charge in [0.15, 0.2) is 12.3 Å². The molecule has 5 aromatic rings. The number of fused-ring (bicyclic) bond motifs is 2. The van der Waals surface area contributed by atoms with Gasteiger partial charge in [0.1, 0.15) is 18.1 Å². The fourth-order valence-electron chi connectivity index (χ4n) is 3.90. The number of para-hydroxylation sites is 2. The number of hydrogen-bond donors (Lipinski definition) is 1. The molecule has 0 spiro atoms. The lowest BCUT2D eigenvalue weighted by molar-refractivity contribution is -0.120. The molecule has 0 aliphatic rings. The van der Waals surface area contributed by atoms with Crippen molar-refractivity contribution in [3.05, 3.63) is 97.1 Å². The maximum atomic E-state index is 12.3. The molecular formula is C28H23N3O4. The zero-order chi connectivity index (χ0) is 24.0. The highest BCUT2D eigenvalue weighted by molar-refractivity contribution is 5.95. The smallest absolute Gasteiger partial charge is 0.302 e. The Kier molecular flexibility index (Phi) is 6.39. The molecule has 0 aliphatic carbocycles. The number of carbonyl (C=O) groups excluding carboxylic acids is 1. The lowest BCUT2D eigenvalue weighted by atomic mass is 10.1. The lowest BCUT2D eigenvalue weighted by Gasteiger charge is -2.09. The minimum Gasteiger partial charge on any atom is -0.493 e. The van der Waals surface area contributed by atoms with Crippen LogP contribution in [0.5, 0.6) is 17.4 Å². The molecule has 1 aromatic heterocycles. The monoisotopic (exact) mass is 465 g/mol. The Hall–Kier alpha value is -4.65. The highest BCUT2D eigenvalue weighted by Gasteiger charge is 2.17. The van der Waals surface area contributed by atoms with Crippen LogP contribution in [-0.2, 0) is 11.3 Å². The number of amides is 1. The van der Waals surface area contributed by atoms with Crippen LogP contribution in [-0.4, -0.2) is 28.8 Å². The maximum absolute atomic E-state index is 12.3. The fourth-order valence-corrected chi connectivity index (χ4v) is 3.90. The highest BCUT2D eigenvalue weighted by Crippen LogP contribution is 2.38. The normalized spacial score (nSPS) is 11.3. The molecule has 174 valence electrons. The van der Waals surface area contributed by atoms with E-state index in [0.29, 0.717) is 24.3 Å². The van der Waals surface area contributed by atoms with Crippen molar-refractivity contribution in [2.45, 2.75) is 6.54 Å². The van der Waals surface area contributed by atoms with Crippen molar-refractivity contribution < 1.29 is 19.4 Å². The summed E-state index contributed by atoms with van der Waals surface area (Å²) < 4.78 is 13.1. The average molecular weight is 466 g/mol. The molecule has 1 heterocycles. The van der Waals surface area contributed by atoms with Gasteiger partial charge in [-0.15, -0.1) is 10.2 Å². The topological polar surface area (TPSA) is 85.4 Å². The molecule has 0 atom stereocenters. The summed E-state index contributed by atoms with van der Waals surface area (Å²) in [6, 6.07) is 30.4. The van der Waals surface area contributed by atoms with Gasteiger partial charge in [-0.05, 0) is 41.1 Å². The SMILES string of the molecule is O=C(COc1ccc2ccccc2c1)N=Nc1c(O)n(CCOc2ccccc2)c2ccccc12. The van der Waals surface area contributed by atoms with Crippen LogP contribution in [0.3, 0.4) is 0 Å². The molecule has 0 bridgehead atoms. The van der Waals surface area contributed by atoms with Gasteiger partial charge in [-0.2, -0.15) is 0 Å². The zero-order valence-corrected chi connectivity index (χ0v) is 18.9. The lowest BCUT2D eigenvalue weighted by Crippen LogP contribution is -2.08. The van der Waals surface area contributed by atoms with Crippen LogP contribution in [0.15, 0.2) is 107 Å². The van der Waals surface area contributed by atoms with E-state index in [9.17, 15) is 9.90 Å². The Bertz CT molecular complexity index is 1510. The van der Waals surface area contributed by atoms with E-state index < -0.39 is 5.91 Å². The van der Waals surface area contributed by atoms with Crippen molar-refractivity contribution >= 4 is 33.3 Å². The third kappa shape index (κ3) is 4.99. The predicted molar refractivity (Wildman–Crippen MR) is 135 cm³/mol. The largest absolute Gasteiger partial charge is 0.493 e. The van der Waals surface area contributed by atoms with E-state index in [4.69, 9.17) is 9.47 Å². The Morgan fingerprint density at radius 2 is 1.54 bits per heavy atom. The molecule has 5 rings (SSSR count). The van der Waals surface area contributed by atoms with E-state index in [1.165, 1.54) is 0 Å². The van der Waals surface area contributed by atoms with Crippen molar-refractivity contribution in [2.24, 2.45) is 10.2 Å². The van der Waals surface area contributed by atoms with E-state index in [1.807, 2.05) is 97.1 Å². The summed E-state index contributed by atoms with van der Waals surface area (Å²) in [5.74, 6) is 0.696. The van der Waals surface area contributed by atoms with Crippen molar-refractivity contribution in [2.75, 3.05) is 13.2 Å². The van der Waals surface area contributed by atoms with Crippen LogP contribution < -0.4 is 9.47 Å². The number of aromatic nitrogens is 1. The second-order valence-electron chi connectivity index (χ2n) is 7.89. The van der Waals surface area contributed by atoms with E-state index in [0.717, 1.165) is 22.0 Å². The first-order valence-electron chi connectivity index (χ1n) is 11.2. The van der Waals surface area contributed by atoms with Crippen LogP contribution in [0.1, 0.15) is 0 Å². The van der Waals surface area contributed by atoms with Gasteiger partial charge in [-0.3, -0.25) is 4.79 Å². The van der Waals surface area contributed by atoms with Crippen LogP contribution in [0.25, 0.3) is 21.7 Å². The maximum Gasteiger partial charge on any atom is 0.302 e. The molecule has 0 fully saturated rings. The van der Waals surface area contributed by atoms with Gasteiger partial charge in [0.2, 0.25) is 5.88 Å². The van der Waals surface area contributed by atoms with Gasteiger partial charge < -0.3 is 19.1 Å². The van der Waals surface area contributed by atoms with Crippen molar-refractivity contribution in [3.63, 3.8) is 0 Å². The van der Waals surface area contributed by atoms with Crippen LogP contribution in [0.4, 0.5) is 5.69 Å². The average Bonchev–Trinajstić information content (AvgIpc) is 3.17. The summed E-state index contributed by atoms with van der Waals surface area (Å²) in [5.41, 5.74) is 1.01. The van der Waals surface area contributed by atoms with Gasteiger partial charge in [0, 0.05) is 5.39 Å². The van der Waals surface area contributed by atoms with E-state index >= 15 is 0 Å². The number of azo groups is 1. The predicted octanol–water partition coefficient (Wildman–Crippen LogP) is 6.27. The number of hydrogen-bond acceptors (Lipinski definition) is 5. The molecule has 35 heavy (non-hydrogen) atoms. The van der Waals surface area contributed by atoms with Crippen LogP contribution in [0, 0.1) is 0 Å². The molecule has 0 radical (unpaired) electrons. The number of carbonyl (C=O) groups is 1. The summed E-state index contributed by atoms with van der Waals surface area (Å²) >= 11 is 0. The number of rotatable bonds is 8. The molecule has 0 unspecified atom stereocenters. The molecule has 1 N–H and O–H groups in total. The third-order valence-electron chi connectivity index (χ3n) is 5.59. The minimum atomic E-state index is -0.554. The third-order valence-corrected chi connectivity index (χ3v) is 5.59. The Balaban J connectivity index is 1.28. The zero-order valence-electron chi connectivity index (χ0n) is 18.9. The summed E-state index contributed by atoms with van der Waals surface area (Å²) in [5, 5.41) is 21.5. The molecule has 0 saturated heterocycles. The van der Waals surface area contributed by atoms with Crippen molar-refractivity contribution in [1.29, 1.82) is 0 Å². The van der Waals surface area contributed by atoms with Gasteiger partial charge in [-0.25, -0.2) is 0 Å². The number of benzene rings is 4. The van der Waals surface area contributed by atoms with Crippen molar-refractivity contribution in [1.82, 2.24) is 4.57 Å². The molecule has 4 aromatic carbocycles. The molecule has 0 aliphatic heterocycles. The molecule has 0 saturated carbocycles. The summed E-state index contributed by atoms with van der Waals surface area (Å²) in [6.07, 6.45) is 0. The molecule has 7 heteroatoms. The number of ether oxygens (including phenoxy) is 2. The van der Waals surface area contributed by atoms with Gasteiger partial charge in [0.25, 0.3) is 0 Å². The molecular weight excluding hydrogens is 442 g/mol. The van der Waals surface area contributed by atoms with Gasteiger partial charge in [-0.1, -0.05) is 66.7 Å². The second kappa shape index (κ2) is 10.1. The van der Waals surface area contributed by atoms with Gasteiger partial charge in [0.05, 0.1) is 12.1 Å². The van der Waals surface area contributed by atoms with E-state index in [1.54, 1.807) is 4.57 Å². The Morgan fingerprint density at radius 3 is 2.40 bits per heavy atom. The minimum absolute atomic E-state index is 0.0742. The molecule has 1 amide bonds. The summed E-state index contributed by atoms with van der Waals surface area (Å²) in [7, 11) is 0. The quantitative estimate of drug-likeness (QED) is 0.274. The Labute approximate surface area is 201 Å². The summed E-state index contributed by atoms with van der Waals surface area (Å²) in [4.78, 5) is 12.3.